The summed E-state index contributed by atoms with van der Waals surface area (Å²) in [6.07, 6.45) is 2.60. The Morgan fingerprint density at radius 1 is 1.05 bits per heavy atom. The van der Waals surface area contributed by atoms with Crippen molar-refractivity contribution in [1.82, 2.24) is 9.80 Å². The lowest BCUT2D eigenvalue weighted by atomic mass is 9.95. The van der Waals surface area contributed by atoms with Crippen LogP contribution in [0, 0.1) is 0 Å². The van der Waals surface area contributed by atoms with Crippen molar-refractivity contribution < 1.29 is 28.9 Å². The van der Waals surface area contributed by atoms with Crippen molar-refractivity contribution in [2.75, 3.05) is 53.1 Å². The van der Waals surface area contributed by atoms with E-state index in [0.29, 0.717) is 60.4 Å². The first kappa shape index (κ1) is 28.0. The van der Waals surface area contributed by atoms with Gasteiger partial charge in [-0.05, 0) is 54.8 Å². The third kappa shape index (κ3) is 6.31. The standard InChI is InChI=1S/C29H35ClN2O6/c1-3-4-16-38-23-11-8-21(19-24(23)36-2)26-25(27(33)20-6-9-22(30)10-7-20)28(34)29(35)32(26)13-5-12-31-14-17-37-18-15-31/h6-11,19,26,33H,3-5,12-18H2,1-2H3/b27-25+. The van der Waals surface area contributed by atoms with E-state index in [1.807, 2.05) is 6.07 Å². The summed E-state index contributed by atoms with van der Waals surface area (Å²) in [5, 5.41) is 11.8. The summed E-state index contributed by atoms with van der Waals surface area (Å²) >= 11 is 6.03. The average molecular weight is 543 g/mol. The number of ether oxygens (including phenoxy) is 3. The van der Waals surface area contributed by atoms with Crippen LogP contribution >= 0.6 is 11.6 Å². The van der Waals surface area contributed by atoms with E-state index < -0.39 is 17.7 Å². The third-order valence-electron chi connectivity index (χ3n) is 6.89. The van der Waals surface area contributed by atoms with Crippen molar-refractivity contribution in [3.05, 3.63) is 64.2 Å². The molecule has 2 fully saturated rings. The molecule has 0 aliphatic carbocycles. The molecule has 0 aromatic heterocycles. The molecular weight excluding hydrogens is 508 g/mol. The lowest BCUT2D eigenvalue weighted by molar-refractivity contribution is -0.140. The van der Waals surface area contributed by atoms with Crippen LogP contribution in [0.1, 0.15) is 43.4 Å². The molecule has 2 aromatic rings. The van der Waals surface area contributed by atoms with Crippen molar-refractivity contribution in [3.63, 3.8) is 0 Å². The molecular formula is C29H35ClN2O6. The molecule has 204 valence electrons. The largest absolute Gasteiger partial charge is 0.507 e. The summed E-state index contributed by atoms with van der Waals surface area (Å²) in [5.41, 5.74) is 1.12. The van der Waals surface area contributed by atoms with Crippen LogP contribution < -0.4 is 9.47 Å². The minimum atomic E-state index is -0.769. The smallest absolute Gasteiger partial charge is 0.295 e. The van der Waals surface area contributed by atoms with Gasteiger partial charge < -0.3 is 24.2 Å². The van der Waals surface area contributed by atoms with E-state index in [9.17, 15) is 14.7 Å². The number of aliphatic hydroxyl groups is 1. The van der Waals surface area contributed by atoms with Crippen LogP contribution in [-0.4, -0.2) is 79.7 Å². The number of aliphatic hydroxyl groups excluding tert-OH is 1. The zero-order chi connectivity index (χ0) is 27.1. The molecule has 0 radical (unpaired) electrons. The number of nitrogens with zero attached hydrogens (tertiary/aromatic N) is 2. The van der Waals surface area contributed by atoms with Crippen molar-refractivity contribution in [2.24, 2.45) is 0 Å². The first-order chi connectivity index (χ1) is 18.4. The van der Waals surface area contributed by atoms with Crippen LogP contribution in [0.2, 0.25) is 5.02 Å². The molecule has 0 saturated carbocycles. The zero-order valence-electron chi connectivity index (χ0n) is 22.0. The van der Waals surface area contributed by atoms with Crippen LogP contribution in [0.5, 0.6) is 11.5 Å². The molecule has 0 bridgehead atoms. The number of methoxy groups -OCH3 is 1. The van der Waals surface area contributed by atoms with Gasteiger partial charge in [-0.15, -0.1) is 0 Å². The van der Waals surface area contributed by atoms with Gasteiger partial charge in [0, 0.05) is 36.8 Å². The highest BCUT2D eigenvalue weighted by Crippen LogP contribution is 2.42. The fourth-order valence-electron chi connectivity index (χ4n) is 4.81. The predicted molar refractivity (Wildman–Crippen MR) is 146 cm³/mol. The topological polar surface area (TPSA) is 88.5 Å². The number of amides is 1. The molecule has 0 spiro atoms. The predicted octanol–water partition coefficient (Wildman–Crippen LogP) is 4.67. The van der Waals surface area contributed by atoms with E-state index in [-0.39, 0.29) is 11.3 Å². The first-order valence-electron chi connectivity index (χ1n) is 13.1. The Bertz CT molecular complexity index is 1160. The van der Waals surface area contributed by atoms with Gasteiger partial charge in [0.25, 0.3) is 11.7 Å². The number of unbranched alkanes of at least 4 members (excludes halogenated alkanes) is 1. The molecule has 1 atom stereocenters. The van der Waals surface area contributed by atoms with Crippen LogP contribution in [0.3, 0.4) is 0 Å². The highest BCUT2D eigenvalue weighted by atomic mass is 35.5. The molecule has 9 heteroatoms. The number of hydrogen-bond donors (Lipinski definition) is 1. The highest BCUT2D eigenvalue weighted by molar-refractivity contribution is 6.46. The fraction of sp³-hybridized carbons (Fsp3) is 0.448. The van der Waals surface area contributed by atoms with E-state index in [4.69, 9.17) is 25.8 Å². The van der Waals surface area contributed by atoms with E-state index in [1.54, 1.807) is 48.4 Å². The molecule has 38 heavy (non-hydrogen) atoms. The second-order valence-corrected chi connectivity index (χ2v) is 9.86. The maximum absolute atomic E-state index is 13.3. The maximum atomic E-state index is 13.3. The van der Waals surface area contributed by atoms with Gasteiger partial charge in [-0.25, -0.2) is 0 Å². The Labute approximate surface area is 228 Å². The molecule has 4 rings (SSSR count). The number of likely N-dealkylation sites (tertiary alicyclic amines) is 1. The van der Waals surface area contributed by atoms with Crippen LogP contribution in [0.25, 0.3) is 5.76 Å². The second-order valence-electron chi connectivity index (χ2n) is 9.42. The zero-order valence-corrected chi connectivity index (χ0v) is 22.7. The average Bonchev–Trinajstić information content (AvgIpc) is 3.19. The van der Waals surface area contributed by atoms with E-state index in [0.717, 1.165) is 32.5 Å². The number of rotatable bonds is 11. The van der Waals surface area contributed by atoms with Gasteiger partial charge in [0.05, 0.1) is 38.5 Å². The normalized spacial score (nSPS) is 19.7. The summed E-state index contributed by atoms with van der Waals surface area (Å²) in [7, 11) is 1.55. The van der Waals surface area contributed by atoms with E-state index in [1.165, 1.54) is 0 Å². The Morgan fingerprint density at radius 3 is 2.47 bits per heavy atom. The molecule has 2 heterocycles. The monoisotopic (exact) mass is 542 g/mol. The molecule has 1 amide bonds. The maximum Gasteiger partial charge on any atom is 0.295 e. The number of hydrogen-bond acceptors (Lipinski definition) is 7. The number of halogens is 1. The van der Waals surface area contributed by atoms with Crippen molar-refractivity contribution >= 4 is 29.1 Å². The molecule has 2 aliphatic heterocycles. The summed E-state index contributed by atoms with van der Waals surface area (Å²) in [6, 6.07) is 11.2. The molecule has 2 aliphatic rings. The molecule has 1 N–H and O–H groups in total. The van der Waals surface area contributed by atoms with Crippen LogP contribution in [0.15, 0.2) is 48.0 Å². The lowest BCUT2D eigenvalue weighted by Crippen LogP contribution is -2.39. The highest BCUT2D eigenvalue weighted by Gasteiger charge is 2.46. The molecule has 2 aromatic carbocycles. The molecule has 2 saturated heterocycles. The quantitative estimate of drug-likeness (QED) is 0.191. The number of benzene rings is 2. The minimum absolute atomic E-state index is 0.0467. The Morgan fingerprint density at radius 2 is 1.79 bits per heavy atom. The Kier molecular flexibility index (Phi) is 9.66. The number of carbonyl (C=O) groups excluding carboxylic acids is 2. The summed E-state index contributed by atoms with van der Waals surface area (Å²) in [5.74, 6) is -0.482. The first-order valence-corrected chi connectivity index (χ1v) is 13.5. The third-order valence-corrected chi connectivity index (χ3v) is 7.15. The van der Waals surface area contributed by atoms with Gasteiger partial charge in [0.1, 0.15) is 5.76 Å². The van der Waals surface area contributed by atoms with Gasteiger partial charge in [-0.3, -0.25) is 14.5 Å². The van der Waals surface area contributed by atoms with Crippen molar-refractivity contribution in [1.29, 1.82) is 0 Å². The van der Waals surface area contributed by atoms with Crippen LogP contribution in [0.4, 0.5) is 0 Å². The van der Waals surface area contributed by atoms with Gasteiger partial charge in [-0.1, -0.05) is 31.0 Å². The van der Waals surface area contributed by atoms with E-state index in [2.05, 4.69) is 11.8 Å². The Balaban J connectivity index is 1.69. The van der Waals surface area contributed by atoms with Crippen molar-refractivity contribution in [2.45, 2.75) is 32.2 Å². The fourth-order valence-corrected chi connectivity index (χ4v) is 4.94. The summed E-state index contributed by atoms with van der Waals surface area (Å²) in [6.45, 7) is 6.86. The second kappa shape index (κ2) is 13.1. The Hall–Kier alpha value is -3.07. The molecule has 1 unspecified atom stereocenters. The lowest BCUT2D eigenvalue weighted by Gasteiger charge is -2.29. The van der Waals surface area contributed by atoms with Gasteiger partial charge in [-0.2, -0.15) is 0 Å². The number of morpholine rings is 1. The SMILES string of the molecule is CCCCOc1ccc(C2/C(=C(\O)c3ccc(Cl)cc3)C(=O)C(=O)N2CCCN2CCOCC2)cc1OC. The van der Waals surface area contributed by atoms with Gasteiger partial charge in [0.15, 0.2) is 11.5 Å². The number of ketones is 1. The van der Waals surface area contributed by atoms with Crippen LogP contribution in [-0.2, 0) is 14.3 Å². The molecule has 8 nitrogen and oxygen atoms in total. The van der Waals surface area contributed by atoms with E-state index >= 15 is 0 Å². The summed E-state index contributed by atoms with van der Waals surface area (Å²) in [4.78, 5) is 30.4. The number of Topliss-reactive ketones (excluding diaryl/α,β-unsaturated/α-hetero) is 1. The summed E-state index contributed by atoms with van der Waals surface area (Å²) < 4.78 is 16.9. The van der Waals surface area contributed by atoms with Gasteiger partial charge >= 0.3 is 0 Å². The van der Waals surface area contributed by atoms with Gasteiger partial charge in [0.2, 0.25) is 0 Å². The minimum Gasteiger partial charge on any atom is -0.507 e. The number of carbonyl (C=O) groups is 2. The van der Waals surface area contributed by atoms with Crippen molar-refractivity contribution in [3.8, 4) is 11.5 Å².